The Labute approximate surface area is 561 Å². The molecule has 97 heavy (non-hydrogen) atoms. The number of esters is 12. The first kappa shape index (κ1) is 67.6. The normalized spacial score (nSPS) is 46.1. The number of ether oxygens (including phenoxy) is 12. The topological polar surface area (TPSA) is 316 Å². The monoisotopic (exact) mass is 1350 g/mol. The Bertz CT molecular complexity index is 3480. The Kier molecular flexibility index (Phi) is 16.9. The zero-order valence-electron chi connectivity index (χ0n) is 55.8. The average molecular weight is 1350 g/mol. The van der Waals surface area contributed by atoms with Crippen molar-refractivity contribution in [1.82, 2.24) is 0 Å². The minimum absolute atomic E-state index is 0.0322. The molecule has 18 aliphatic rings. The molecular formula is C73H86O24. The summed E-state index contributed by atoms with van der Waals surface area (Å²) in [5, 5.41) is 0. The average Bonchev–Trinajstić information content (AvgIpc) is 1.56. The lowest BCUT2D eigenvalue weighted by atomic mass is 9.79. The van der Waals surface area contributed by atoms with Crippen LogP contribution in [0.25, 0.3) is 0 Å². The number of carbonyl (C=O) groups excluding carboxylic acids is 12. The van der Waals surface area contributed by atoms with E-state index in [0.717, 1.165) is 95.3 Å². The van der Waals surface area contributed by atoms with E-state index in [2.05, 4.69) is 53.3 Å². The SMILES string of the molecule is C=C(C)C(=O)OC1C2CC3C(=O)OC1(C)C3C2.C=C(C)C(=O)OC1C2CC3C(=O)OC1C3C2.C=C(C)C(=O)OC1C2OC(=O)C3CC1(C)CC32.C=CC(=O)OC1C2CC3C(=O)OC1(C)C3C2.C=CC(=O)OC1C2CC3C(=O)OC1C3C2.C=CC(=O)OC1C2OC(=O)C3CC1(C)CC32. The minimum Gasteiger partial charge on any atom is -0.458 e. The van der Waals surface area contributed by atoms with Crippen molar-refractivity contribution in [2.24, 2.45) is 106 Å². The van der Waals surface area contributed by atoms with Crippen molar-refractivity contribution in [2.75, 3.05) is 0 Å². The molecule has 6 heterocycles. The third-order valence-corrected chi connectivity index (χ3v) is 25.5. The van der Waals surface area contributed by atoms with Gasteiger partial charge in [0, 0.05) is 105 Å². The molecule has 0 radical (unpaired) electrons. The standard InChI is InChI=1S/2C13H16O4.3C12H14O4.C11H12O4/c1-6(2)11(14)17-10-9-7-4-13(10,3)5-8(7)12(15)16-9;1-6(2)11(14)16-10-7-4-8-9(5-7)13(10,3)17-12(8)15;1-5(2)11(13)15-9-6-3-7-8(4-6)12(14)16-10(7)9;1-3-8(13)15-10-9-6-4-12(10,2)5-7(6)11(14)16-9;1-3-9(13)15-10-6-4-7-8(5-6)12(10,2)16-11(7)14;1-2-8(12)14-9-5-3-6-7(4-5)11(13)15-10(6)9/h2*7-10H,1,4-5H2,2-3H3;6-10H,1,3-4H2,2H3;3,6-7,9-10H,1,4-5H2,2H3;3,6-8,10H,1,4-5H2,2H3;2,5-7,9-10H,1,3-4H2. The lowest BCUT2D eigenvalue weighted by Crippen LogP contribution is -2.46. The molecule has 24 heteroatoms. The van der Waals surface area contributed by atoms with Crippen molar-refractivity contribution >= 4 is 71.6 Å². The molecule has 12 aliphatic carbocycles. The van der Waals surface area contributed by atoms with Gasteiger partial charge in [0.25, 0.3) is 0 Å². The fourth-order valence-corrected chi connectivity index (χ4v) is 21.3. The molecule has 0 N–H and O–H groups in total. The van der Waals surface area contributed by atoms with Gasteiger partial charge in [-0.25, -0.2) is 28.8 Å². The highest BCUT2D eigenvalue weighted by Gasteiger charge is 2.73. The highest BCUT2D eigenvalue weighted by molar-refractivity contribution is 5.89. The van der Waals surface area contributed by atoms with Crippen LogP contribution in [0.3, 0.4) is 0 Å². The first-order valence-electron chi connectivity index (χ1n) is 34.1. The first-order valence-corrected chi connectivity index (χ1v) is 34.1. The smallest absolute Gasteiger partial charge is 0.333 e. The van der Waals surface area contributed by atoms with E-state index in [1.807, 2.05) is 13.8 Å². The Morgan fingerprint density at radius 2 is 0.701 bits per heavy atom. The maximum absolute atomic E-state index is 11.7. The van der Waals surface area contributed by atoms with Crippen LogP contribution in [0.5, 0.6) is 0 Å². The Hall–Kier alpha value is -7.92. The van der Waals surface area contributed by atoms with Gasteiger partial charge in [0.1, 0.15) is 72.2 Å². The van der Waals surface area contributed by atoms with Crippen LogP contribution in [0.4, 0.5) is 0 Å². The zero-order valence-corrected chi connectivity index (χ0v) is 55.8. The number of hydrogen-bond acceptors (Lipinski definition) is 24. The van der Waals surface area contributed by atoms with E-state index < -0.39 is 29.1 Å². The van der Waals surface area contributed by atoms with Gasteiger partial charge in [-0.05, 0) is 112 Å². The second-order valence-electron chi connectivity index (χ2n) is 31.5. The molecule has 24 nitrogen and oxygen atoms in total. The summed E-state index contributed by atoms with van der Waals surface area (Å²) >= 11 is 0. The van der Waals surface area contributed by atoms with E-state index in [1.54, 1.807) is 20.8 Å². The van der Waals surface area contributed by atoms with Crippen molar-refractivity contribution in [2.45, 2.75) is 198 Å². The summed E-state index contributed by atoms with van der Waals surface area (Å²) in [5.74, 6) is -0.185. The molecule has 522 valence electrons. The number of hydrogen-bond donors (Lipinski definition) is 0. The Morgan fingerprint density at radius 1 is 0.371 bits per heavy atom. The van der Waals surface area contributed by atoms with E-state index in [-0.39, 0.29) is 208 Å². The molecule has 6 saturated heterocycles. The molecule has 18 fully saturated rings. The first-order chi connectivity index (χ1) is 45.7. The third kappa shape index (κ3) is 11.0. The lowest BCUT2D eigenvalue weighted by molar-refractivity contribution is -0.171. The van der Waals surface area contributed by atoms with Crippen LogP contribution < -0.4 is 0 Å². The molecule has 0 aromatic rings. The van der Waals surface area contributed by atoms with Crippen molar-refractivity contribution in [3.8, 4) is 0 Å². The van der Waals surface area contributed by atoms with Gasteiger partial charge in [0.2, 0.25) is 0 Å². The van der Waals surface area contributed by atoms with Crippen LogP contribution in [-0.4, -0.2) is 144 Å². The molecular weight excluding hydrogens is 1260 g/mol. The maximum atomic E-state index is 11.7. The van der Waals surface area contributed by atoms with Crippen LogP contribution in [0.2, 0.25) is 0 Å². The number of carbonyl (C=O) groups is 12. The van der Waals surface area contributed by atoms with E-state index >= 15 is 0 Å². The molecule has 0 amide bonds. The van der Waals surface area contributed by atoms with Crippen LogP contribution in [-0.2, 0) is 114 Å². The fourth-order valence-electron chi connectivity index (χ4n) is 21.3. The summed E-state index contributed by atoms with van der Waals surface area (Å²) in [6.45, 7) is 33.6. The van der Waals surface area contributed by atoms with Crippen molar-refractivity contribution in [1.29, 1.82) is 0 Å². The highest BCUT2D eigenvalue weighted by atomic mass is 16.6. The van der Waals surface area contributed by atoms with E-state index in [0.29, 0.717) is 28.6 Å². The summed E-state index contributed by atoms with van der Waals surface area (Å²) in [6.07, 6.45) is 11.4. The predicted octanol–water partition coefficient (Wildman–Crippen LogP) is 6.72. The predicted molar refractivity (Wildman–Crippen MR) is 330 cm³/mol. The Morgan fingerprint density at radius 3 is 1.11 bits per heavy atom. The molecule has 0 aromatic heterocycles. The van der Waals surface area contributed by atoms with Gasteiger partial charge in [0.05, 0.1) is 35.5 Å². The van der Waals surface area contributed by atoms with Gasteiger partial charge in [-0.2, -0.15) is 0 Å². The number of fused-ring (bicyclic) bond motifs is 6. The second-order valence-corrected chi connectivity index (χ2v) is 31.5. The zero-order chi connectivity index (χ0) is 69.8. The summed E-state index contributed by atoms with van der Waals surface area (Å²) < 4.78 is 64.3. The van der Waals surface area contributed by atoms with E-state index in [4.69, 9.17) is 56.8 Å². The maximum Gasteiger partial charge on any atom is 0.333 e. The van der Waals surface area contributed by atoms with Crippen LogP contribution >= 0.6 is 0 Å². The molecule has 30 atom stereocenters. The molecule has 0 aromatic carbocycles. The summed E-state index contributed by atoms with van der Waals surface area (Å²) in [4.78, 5) is 138. The van der Waals surface area contributed by atoms with Gasteiger partial charge in [-0.1, -0.05) is 53.3 Å². The van der Waals surface area contributed by atoms with Gasteiger partial charge < -0.3 is 56.8 Å². The van der Waals surface area contributed by atoms with Crippen LogP contribution in [0, 0.1) is 106 Å². The van der Waals surface area contributed by atoms with Gasteiger partial charge in [0.15, 0.2) is 0 Å². The fraction of sp³-hybridized carbons (Fsp3) is 0.671. The molecule has 30 unspecified atom stereocenters. The molecule has 18 rings (SSSR count). The van der Waals surface area contributed by atoms with Crippen molar-refractivity contribution in [3.63, 3.8) is 0 Å². The minimum atomic E-state index is -0.601. The van der Waals surface area contributed by atoms with Gasteiger partial charge in [-0.3, -0.25) is 28.8 Å². The van der Waals surface area contributed by atoms with Gasteiger partial charge >= 0.3 is 71.6 Å². The third-order valence-electron chi connectivity index (χ3n) is 25.5. The summed E-state index contributed by atoms with van der Waals surface area (Å²) in [5.41, 5.74) is -0.223. The van der Waals surface area contributed by atoms with Crippen LogP contribution in [0.1, 0.15) is 126 Å². The van der Waals surface area contributed by atoms with Crippen molar-refractivity contribution < 1.29 is 114 Å². The van der Waals surface area contributed by atoms with E-state index in [1.165, 1.54) is 0 Å². The van der Waals surface area contributed by atoms with Crippen molar-refractivity contribution in [3.05, 3.63) is 74.4 Å². The van der Waals surface area contributed by atoms with Crippen LogP contribution in [0.15, 0.2) is 74.4 Å². The molecule has 12 saturated carbocycles. The quantitative estimate of drug-likeness (QED) is 0.111. The molecule has 12 bridgehead atoms. The largest absolute Gasteiger partial charge is 0.458 e. The summed E-state index contributed by atoms with van der Waals surface area (Å²) in [6, 6.07) is 0. The molecule has 0 spiro atoms. The second kappa shape index (κ2) is 24.2. The number of rotatable bonds is 12. The van der Waals surface area contributed by atoms with Gasteiger partial charge in [-0.15, -0.1) is 0 Å². The molecule has 6 aliphatic heterocycles. The Balaban J connectivity index is 0.000000105. The summed E-state index contributed by atoms with van der Waals surface area (Å²) in [7, 11) is 0. The highest BCUT2D eigenvalue weighted by Crippen LogP contribution is 2.66. The lowest BCUT2D eigenvalue weighted by Gasteiger charge is -2.34. The van der Waals surface area contributed by atoms with E-state index in [9.17, 15) is 57.5 Å².